The van der Waals surface area contributed by atoms with E-state index in [9.17, 15) is 19.2 Å². The molecule has 7 nitrogen and oxygen atoms in total. The molecule has 0 bridgehead atoms. The number of ketones is 1. The van der Waals surface area contributed by atoms with Crippen molar-refractivity contribution in [3.63, 3.8) is 0 Å². The first-order valence-electron chi connectivity index (χ1n) is 8.48. The molecule has 1 aromatic carbocycles. The van der Waals surface area contributed by atoms with E-state index in [1.165, 1.54) is 9.13 Å². The van der Waals surface area contributed by atoms with Gasteiger partial charge in [-0.15, -0.1) is 0 Å². The molecule has 0 aliphatic carbocycles. The molecular formula is C18H21N3O4. The number of fused-ring (bicyclic) bond motifs is 1. The number of Topliss-reactive ketones (excluding diaryl/α,β-unsaturated/α-hetero) is 1. The zero-order valence-corrected chi connectivity index (χ0v) is 14.4. The molecule has 1 atom stereocenters. The number of nitrogens with one attached hydrogen (secondary N) is 1. The van der Waals surface area contributed by atoms with Gasteiger partial charge in [0.25, 0.3) is 0 Å². The Morgan fingerprint density at radius 1 is 1.28 bits per heavy atom. The van der Waals surface area contributed by atoms with Crippen LogP contribution in [0.4, 0.5) is 0 Å². The van der Waals surface area contributed by atoms with E-state index in [4.69, 9.17) is 0 Å². The van der Waals surface area contributed by atoms with Gasteiger partial charge in [-0.3, -0.25) is 28.8 Å². The van der Waals surface area contributed by atoms with E-state index >= 15 is 0 Å². The Morgan fingerprint density at radius 2 is 2.04 bits per heavy atom. The van der Waals surface area contributed by atoms with E-state index in [-0.39, 0.29) is 23.8 Å². The normalized spacial score (nSPS) is 17.8. The van der Waals surface area contributed by atoms with Crippen LogP contribution in [0, 0.1) is 0 Å². The second-order valence-corrected chi connectivity index (χ2v) is 6.36. The SMILES string of the molecule is CCC(=O)CCc1cccc2c1n(C)c(=O)n2C1CCC(=O)NC1=O. The van der Waals surface area contributed by atoms with Crippen molar-refractivity contribution in [2.24, 2.45) is 7.05 Å². The molecule has 1 aromatic heterocycles. The summed E-state index contributed by atoms with van der Waals surface area (Å²) in [6, 6.07) is 4.84. The number of carbonyl (C=O) groups is 3. The third-order valence-corrected chi connectivity index (χ3v) is 4.78. The van der Waals surface area contributed by atoms with Crippen LogP contribution in [0.1, 0.15) is 44.2 Å². The summed E-state index contributed by atoms with van der Waals surface area (Å²) in [5.74, 6) is -0.586. The van der Waals surface area contributed by atoms with Crippen molar-refractivity contribution in [1.82, 2.24) is 14.5 Å². The summed E-state index contributed by atoms with van der Waals surface area (Å²) in [6.45, 7) is 1.83. The van der Waals surface area contributed by atoms with Crippen molar-refractivity contribution in [1.29, 1.82) is 0 Å². The van der Waals surface area contributed by atoms with Crippen LogP contribution in [-0.4, -0.2) is 26.7 Å². The minimum Gasteiger partial charge on any atom is -0.300 e. The van der Waals surface area contributed by atoms with E-state index in [0.717, 1.165) is 11.1 Å². The van der Waals surface area contributed by atoms with Gasteiger partial charge in [-0.05, 0) is 24.5 Å². The van der Waals surface area contributed by atoms with Crippen molar-refractivity contribution in [2.75, 3.05) is 0 Å². The second kappa shape index (κ2) is 6.66. The molecule has 0 radical (unpaired) electrons. The standard InChI is InChI=1S/C18H21N3O4/c1-3-12(22)8-7-11-5-4-6-13-16(11)20(2)18(25)21(13)14-9-10-15(23)19-17(14)24/h4-6,14H,3,7-10H2,1-2H3,(H,19,23,24). The molecule has 1 N–H and O–H groups in total. The lowest BCUT2D eigenvalue weighted by molar-refractivity contribution is -0.135. The molecule has 1 aliphatic heterocycles. The number of para-hydroxylation sites is 1. The van der Waals surface area contributed by atoms with Crippen molar-refractivity contribution >= 4 is 28.6 Å². The first kappa shape index (κ1) is 17.1. The molecule has 3 rings (SSSR count). The summed E-state index contributed by atoms with van der Waals surface area (Å²) in [5, 5.41) is 2.30. The van der Waals surface area contributed by atoms with Gasteiger partial charge in [-0.1, -0.05) is 19.1 Å². The third-order valence-electron chi connectivity index (χ3n) is 4.78. The predicted octanol–water partition coefficient (Wildman–Crippen LogP) is 1.23. The fraction of sp³-hybridized carbons (Fsp3) is 0.444. The third kappa shape index (κ3) is 3.01. The molecule has 1 unspecified atom stereocenters. The average Bonchev–Trinajstić information content (AvgIpc) is 2.85. The van der Waals surface area contributed by atoms with Gasteiger partial charge in [-0.25, -0.2) is 4.79 Å². The van der Waals surface area contributed by atoms with Gasteiger partial charge in [0.2, 0.25) is 11.8 Å². The van der Waals surface area contributed by atoms with Gasteiger partial charge in [0.1, 0.15) is 11.8 Å². The van der Waals surface area contributed by atoms with Crippen LogP contribution in [0.25, 0.3) is 11.0 Å². The number of nitrogens with zero attached hydrogens (tertiary/aromatic N) is 2. The van der Waals surface area contributed by atoms with Crippen LogP contribution in [-0.2, 0) is 27.9 Å². The number of imide groups is 1. The van der Waals surface area contributed by atoms with E-state index in [0.29, 0.717) is 31.2 Å². The van der Waals surface area contributed by atoms with Crippen LogP contribution in [0.3, 0.4) is 0 Å². The molecule has 1 fully saturated rings. The average molecular weight is 343 g/mol. The van der Waals surface area contributed by atoms with Crippen LogP contribution in [0.2, 0.25) is 0 Å². The molecule has 132 valence electrons. The summed E-state index contributed by atoms with van der Waals surface area (Å²) < 4.78 is 2.98. The first-order valence-corrected chi connectivity index (χ1v) is 8.48. The van der Waals surface area contributed by atoms with Gasteiger partial charge in [0, 0.05) is 26.3 Å². The molecule has 0 spiro atoms. The predicted molar refractivity (Wildman–Crippen MR) is 92.2 cm³/mol. The topological polar surface area (TPSA) is 90.2 Å². The van der Waals surface area contributed by atoms with Crippen molar-refractivity contribution < 1.29 is 14.4 Å². The molecule has 2 heterocycles. The fourth-order valence-corrected chi connectivity index (χ4v) is 3.40. The Hall–Kier alpha value is -2.70. The number of imidazole rings is 1. The monoisotopic (exact) mass is 343 g/mol. The number of aromatic nitrogens is 2. The zero-order chi connectivity index (χ0) is 18.1. The maximum Gasteiger partial charge on any atom is 0.329 e. The molecule has 2 amide bonds. The Balaban J connectivity index is 2.08. The van der Waals surface area contributed by atoms with E-state index < -0.39 is 11.9 Å². The van der Waals surface area contributed by atoms with Crippen molar-refractivity contribution in [2.45, 2.75) is 45.1 Å². The molecule has 25 heavy (non-hydrogen) atoms. The Labute approximate surface area is 144 Å². The highest BCUT2D eigenvalue weighted by atomic mass is 16.2. The summed E-state index contributed by atoms with van der Waals surface area (Å²) in [5.41, 5.74) is 2.01. The van der Waals surface area contributed by atoms with Gasteiger partial charge < -0.3 is 0 Å². The Bertz CT molecular complexity index is 922. The summed E-state index contributed by atoms with van der Waals surface area (Å²) in [6.07, 6.45) is 1.99. The molecule has 2 aromatic rings. The first-order chi connectivity index (χ1) is 11.9. The number of amides is 2. The quantitative estimate of drug-likeness (QED) is 0.827. The van der Waals surface area contributed by atoms with E-state index in [2.05, 4.69) is 5.32 Å². The van der Waals surface area contributed by atoms with Crippen LogP contribution < -0.4 is 11.0 Å². The highest BCUT2D eigenvalue weighted by Gasteiger charge is 2.31. The minimum absolute atomic E-state index is 0.173. The lowest BCUT2D eigenvalue weighted by atomic mass is 10.0. The lowest BCUT2D eigenvalue weighted by Crippen LogP contribution is -2.44. The smallest absolute Gasteiger partial charge is 0.300 e. The van der Waals surface area contributed by atoms with Crippen molar-refractivity contribution in [3.05, 3.63) is 34.2 Å². The number of piperidine rings is 1. The lowest BCUT2D eigenvalue weighted by Gasteiger charge is -2.21. The number of carbonyl (C=O) groups excluding carboxylic acids is 3. The second-order valence-electron chi connectivity index (χ2n) is 6.36. The molecular weight excluding hydrogens is 322 g/mol. The summed E-state index contributed by atoms with van der Waals surface area (Å²) in [7, 11) is 1.66. The molecule has 0 saturated carbocycles. The van der Waals surface area contributed by atoms with Crippen LogP contribution in [0.15, 0.2) is 23.0 Å². The van der Waals surface area contributed by atoms with Crippen LogP contribution >= 0.6 is 0 Å². The maximum atomic E-state index is 12.8. The van der Waals surface area contributed by atoms with Crippen molar-refractivity contribution in [3.8, 4) is 0 Å². The van der Waals surface area contributed by atoms with Gasteiger partial charge >= 0.3 is 5.69 Å². The largest absolute Gasteiger partial charge is 0.329 e. The Kier molecular flexibility index (Phi) is 4.57. The van der Waals surface area contributed by atoms with E-state index in [1.54, 1.807) is 13.1 Å². The number of hydrogen-bond donors (Lipinski definition) is 1. The molecule has 1 saturated heterocycles. The highest BCUT2D eigenvalue weighted by molar-refractivity contribution is 6.00. The minimum atomic E-state index is -0.693. The van der Waals surface area contributed by atoms with E-state index in [1.807, 2.05) is 19.1 Å². The van der Waals surface area contributed by atoms with Crippen LogP contribution in [0.5, 0.6) is 0 Å². The van der Waals surface area contributed by atoms with Gasteiger partial charge in [0.05, 0.1) is 11.0 Å². The number of hydrogen-bond acceptors (Lipinski definition) is 4. The Morgan fingerprint density at radius 3 is 2.72 bits per heavy atom. The molecule has 7 heteroatoms. The molecule has 1 aliphatic rings. The summed E-state index contributed by atoms with van der Waals surface area (Å²) >= 11 is 0. The maximum absolute atomic E-state index is 12.8. The number of aryl methyl sites for hydroxylation is 2. The van der Waals surface area contributed by atoms with Gasteiger partial charge in [-0.2, -0.15) is 0 Å². The summed E-state index contributed by atoms with van der Waals surface area (Å²) in [4.78, 5) is 48.0. The number of benzene rings is 1. The number of rotatable bonds is 5. The zero-order valence-electron chi connectivity index (χ0n) is 14.4. The fourth-order valence-electron chi connectivity index (χ4n) is 3.40. The highest BCUT2D eigenvalue weighted by Crippen LogP contribution is 2.25. The van der Waals surface area contributed by atoms with Gasteiger partial charge in [0.15, 0.2) is 0 Å².